The van der Waals surface area contributed by atoms with Crippen molar-refractivity contribution in [3.05, 3.63) is 0 Å². The van der Waals surface area contributed by atoms with Gasteiger partial charge in [0.2, 0.25) is 0 Å². The number of aliphatic carboxylic acids is 1. The molecule has 0 saturated heterocycles. The number of rotatable bonds is 5. The highest BCUT2D eigenvalue weighted by Crippen LogP contribution is 2.19. The Balaban J connectivity index is 3.99. The smallest absolute Gasteiger partial charge is 0.306 e. The van der Waals surface area contributed by atoms with E-state index in [0.29, 0.717) is 12.8 Å². The first kappa shape index (κ1) is 12.0. The zero-order valence-electron chi connectivity index (χ0n) is 8.45. The van der Waals surface area contributed by atoms with Crippen LogP contribution in [0.5, 0.6) is 0 Å². The van der Waals surface area contributed by atoms with E-state index in [1.807, 2.05) is 20.8 Å². The number of carboxylic acids is 1. The van der Waals surface area contributed by atoms with Gasteiger partial charge in [0, 0.05) is 5.92 Å². The van der Waals surface area contributed by atoms with Crippen LogP contribution in [0, 0.1) is 29.1 Å². The minimum atomic E-state index is -0.750. The molecule has 0 heterocycles. The molecule has 3 heteroatoms. The molecule has 13 heavy (non-hydrogen) atoms. The summed E-state index contributed by atoms with van der Waals surface area (Å²) >= 11 is 0. The van der Waals surface area contributed by atoms with Crippen LogP contribution in [0.3, 0.4) is 0 Å². The molecule has 0 bridgehead atoms. The third-order valence-electron chi connectivity index (χ3n) is 2.25. The number of nitrogens with zero attached hydrogens (tertiary/aromatic N) is 1. The van der Waals surface area contributed by atoms with E-state index < -0.39 is 5.97 Å². The maximum atomic E-state index is 10.8. The van der Waals surface area contributed by atoms with Gasteiger partial charge in [0.05, 0.1) is 12.0 Å². The van der Waals surface area contributed by atoms with Crippen LogP contribution in [0.1, 0.15) is 33.6 Å². The predicted molar refractivity (Wildman–Crippen MR) is 50.0 cm³/mol. The van der Waals surface area contributed by atoms with E-state index in [1.165, 1.54) is 0 Å². The Bertz CT molecular complexity index is 205. The first-order valence-electron chi connectivity index (χ1n) is 4.61. The normalized spacial score (nSPS) is 15.0. The van der Waals surface area contributed by atoms with Gasteiger partial charge in [0.15, 0.2) is 0 Å². The Kier molecular flexibility index (Phi) is 5.13. The third-order valence-corrected chi connectivity index (χ3v) is 2.25. The molecular formula is C10H17NO2. The summed E-state index contributed by atoms with van der Waals surface area (Å²) in [5.41, 5.74) is 0. The maximum absolute atomic E-state index is 10.8. The Morgan fingerprint density at radius 3 is 2.23 bits per heavy atom. The molecule has 0 saturated carbocycles. The van der Waals surface area contributed by atoms with E-state index in [9.17, 15) is 4.79 Å². The lowest BCUT2D eigenvalue weighted by Gasteiger charge is -2.16. The molecule has 0 aromatic rings. The van der Waals surface area contributed by atoms with Gasteiger partial charge in [-0.1, -0.05) is 13.8 Å². The Morgan fingerprint density at radius 2 is 1.92 bits per heavy atom. The van der Waals surface area contributed by atoms with Crippen LogP contribution in [0.4, 0.5) is 0 Å². The van der Waals surface area contributed by atoms with Crippen molar-refractivity contribution in [2.45, 2.75) is 33.6 Å². The van der Waals surface area contributed by atoms with Crippen LogP contribution >= 0.6 is 0 Å². The largest absolute Gasteiger partial charge is 0.481 e. The first-order valence-corrected chi connectivity index (χ1v) is 4.61. The third kappa shape index (κ3) is 4.51. The molecule has 0 aliphatic carbocycles. The first-order chi connectivity index (χ1) is 5.99. The van der Waals surface area contributed by atoms with Gasteiger partial charge in [-0.3, -0.25) is 4.79 Å². The second-order valence-electron chi connectivity index (χ2n) is 3.80. The molecule has 0 amide bonds. The van der Waals surface area contributed by atoms with Gasteiger partial charge >= 0.3 is 5.97 Å². The minimum Gasteiger partial charge on any atom is -0.481 e. The predicted octanol–water partition coefficient (Wildman–Crippen LogP) is 2.28. The summed E-state index contributed by atoms with van der Waals surface area (Å²) < 4.78 is 0. The average molecular weight is 183 g/mol. The van der Waals surface area contributed by atoms with Crippen molar-refractivity contribution in [1.29, 1.82) is 5.26 Å². The Labute approximate surface area is 79.4 Å². The van der Waals surface area contributed by atoms with Crippen LogP contribution in [-0.2, 0) is 4.79 Å². The molecule has 0 aromatic heterocycles. The molecule has 0 aliphatic heterocycles. The Hall–Kier alpha value is -1.04. The summed E-state index contributed by atoms with van der Waals surface area (Å²) in [6, 6.07) is 2.11. The lowest BCUT2D eigenvalue weighted by atomic mass is 9.89. The summed E-state index contributed by atoms with van der Waals surface area (Å²) in [6.07, 6.45) is 1.27. The number of hydrogen-bond acceptors (Lipinski definition) is 2. The van der Waals surface area contributed by atoms with Crippen LogP contribution in [-0.4, -0.2) is 11.1 Å². The Morgan fingerprint density at radius 1 is 1.38 bits per heavy atom. The van der Waals surface area contributed by atoms with E-state index >= 15 is 0 Å². The van der Waals surface area contributed by atoms with Crippen LogP contribution in [0.15, 0.2) is 0 Å². The highest BCUT2D eigenvalue weighted by Gasteiger charge is 2.21. The molecule has 3 nitrogen and oxygen atoms in total. The number of carboxylic acid groups (broad SMARTS) is 1. The lowest BCUT2D eigenvalue weighted by molar-refractivity contribution is -0.143. The van der Waals surface area contributed by atoms with E-state index in [4.69, 9.17) is 10.4 Å². The van der Waals surface area contributed by atoms with E-state index in [2.05, 4.69) is 6.07 Å². The van der Waals surface area contributed by atoms with E-state index in [0.717, 1.165) is 0 Å². The SMILES string of the molecule is CC(C#N)CCC(C(=O)O)C(C)C. The molecule has 0 fully saturated rings. The molecule has 0 spiro atoms. The topological polar surface area (TPSA) is 61.1 Å². The van der Waals surface area contributed by atoms with Gasteiger partial charge in [0.1, 0.15) is 0 Å². The van der Waals surface area contributed by atoms with Crippen LogP contribution in [0.25, 0.3) is 0 Å². The second kappa shape index (κ2) is 5.58. The molecular weight excluding hydrogens is 166 g/mol. The summed E-state index contributed by atoms with van der Waals surface area (Å²) in [7, 11) is 0. The summed E-state index contributed by atoms with van der Waals surface area (Å²) in [5.74, 6) is -0.958. The summed E-state index contributed by atoms with van der Waals surface area (Å²) in [4.78, 5) is 10.8. The van der Waals surface area contributed by atoms with Crippen molar-refractivity contribution in [2.24, 2.45) is 17.8 Å². The second-order valence-corrected chi connectivity index (χ2v) is 3.80. The van der Waals surface area contributed by atoms with Gasteiger partial charge in [0.25, 0.3) is 0 Å². The van der Waals surface area contributed by atoms with Gasteiger partial charge in [-0.2, -0.15) is 5.26 Å². The molecule has 0 aromatic carbocycles. The summed E-state index contributed by atoms with van der Waals surface area (Å²) in [5, 5.41) is 17.4. The molecule has 2 atom stereocenters. The van der Waals surface area contributed by atoms with Crippen LogP contribution < -0.4 is 0 Å². The molecule has 0 radical (unpaired) electrons. The fraction of sp³-hybridized carbons (Fsp3) is 0.800. The number of nitriles is 1. The van der Waals surface area contributed by atoms with Crippen molar-refractivity contribution in [3.63, 3.8) is 0 Å². The number of carbonyl (C=O) groups is 1. The molecule has 1 N–H and O–H groups in total. The zero-order chi connectivity index (χ0) is 10.4. The standard InChI is InChI=1S/C10H17NO2/c1-7(2)9(10(12)13)5-4-8(3)6-11/h7-9H,4-5H2,1-3H3,(H,12,13). The monoisotopic (exact) mass is 183 g/mol. The highest BCUT2D eigenvalue weighted by atomic mass is 16.4. The maximum Gasteiger partial charge on any atom is 0.306 e. The van der Waals surface area contributed by atoms with E-state index in [-0.39, 0.29) is 17.8 Å². The highest BCUT2D eigenvalue weighted by molar-refractivity contribution is 5.70. The van der Waals surface area contributed by atoms with Crippen LogP contribution in [0.2, 0.25) is 0 Å². The van der Waals surface area contributed by atoms with Crippen molar-refractivity contribution in [2.75, 3.05) is 0 Å². The van der Waals surface area contributed by atoms with Gasteiger partial charge in [-0.15, -0.1) is 0 Å². The van der Waals surface area contributed by atoms with Crippen molar-refractivity contribution < 1.29 is 9.90 Å². The lowest BCUT2D eigenvalue weighted by Crippen LogP contribution is -2.20. The molecule has 2 unspecified atom stereocenters. The van der Waals surface area contributed by atoms with Gasteiger partial charge < -0.3 is 5.11 Å². The van der Waals surface area contributed by atoms with Crippen molar-refractivity contribution in [3.8, 4) is 6.07 Å². The van der Waals surface area contributed by atoms with E-state index in [1.54, 1.807) is 0 Å². The average Bonchev–Trinajstić information content (AvgIpc) is 2.03. The fourth-order valence-corrected chi connectivity index (χ4v) is 1.24. The number of hydrogen-bond donors (Lipinski definition) is 1. The molecule has 0 rings (SSSR count). The molecule has 74 valence electrons. The van der Waals surface area contributed by atoms with Gasteiger partial charge in [-0.25, -0.2) is 0 Å². The van der Waals surface area contributed by atoms with Crippen molar-refractivity contribution in [1.82, 2.24) is 0 Å². The summed E-state index contributed by atoms with van der Waals surface area (Å²) in [6.45, 7) is 5.62. The quantitative estimate of drug-likeness (QED) is 0.711. The van der Waals surface area contributed by atoms with Crippen molar-refractivity contribution >= 4 is 5.97 Å². The molecule has 0 aliphatic rings. The fourth-order valence-electron chi connectivity index (χ4n) is 1.24. The zero-order valence-corrected chi connectivity index (χ0v) is 8.45. The van der Waals surface area contributed by atoms with Gasteiger partial charge in [-0.05, 0) is 25.7 Å². The minimum absolute atomic E-state index is 0.0411.